The minimum atomic E-state index is 0.332. The largest absolute Gasteiger partial charge is 0.423 e. The number of fused-ring (bicyclic) bond motifs is 1. The average molecular weight is 373 g/mol. The Morgan fingerprint density at radius 3 is 2.85 bits per heavy atom. The summed E-state index contributed by atoms with van der Waals surface area (Å²) in [6.07, 6.45) is 2.81. The molecule has 0 amide bonds. The van der Waals surface area contributed by atoms with E-state index >= 15 is 0 Å². The van der Waals surface area contributed by atoms with Gasteiger partial charge in [-0.05, 0) is 24.6 Å². The van der Waals surface area contributed by atoms with Crippen molar-refractivity contribution < 1.29 is 4.42 Å². The molecule has 0 bridgehead atoms. The third-order valence-corrected chi connectivity index (χ3v) is 4.95. The van der Waals surface area contributed by atoms with Gasteiger partial charge in [0.15, 0.2) is 5.58 Å². The summed E-state index contributed by atoms with van der Waals surface area (Å²) in [5.41, 5.74) is 1.54. The molecular weight excluding hydrogens is 352 g/mol. The lowest BCUT2D eigenvalue weighted by molar-refractivity contribution is 0.582. The fraction of sp³-hybridized carbons (Fsp3) is 0.389. The van der Waals surface area contributed by atoms with Gasteiger partial charge in [-0.15, -0.1) is 0 Å². The summed E-state index contributed by atoms with van der Waals surface area (Å²) in [5.74, 6) is 1.62. The van der Waals surface area contributed by atoms with Crippen LogP contribution in [0.4, 0.5) is 17.8 Å². The van der Waals surface area contributed by atoms with Gasteiger partial charge in [0.05, 0.1) is 0 Å². The number of anilines is 3. The summed E-state index contributed by atoms with van der Waals surface area (Å²) in [7, 11) is 5.95. The first-order valence-electron chi connectivity index (χ1n) is 8.55. The molecule has 136 valence electrons. The van der Waals surface area contributed by atoms with E-state index in [4.69, 9.17) is 16.0 Å². The molecule has 26 heavy (non-hydrogen) atoms. The van der Waals surface area contributed by atoms with Gasteiger partial charge in [-0.1, -0.05) is 11.6 Å². The first-order valence-corrected chi connectivity index (χ1v) is 8.93. The van der Waals surface area contributed by atoms with Crippen LogP contribution in [0, 0.1) is 0 Å². The van der Waals surface area contributed by atoms with E-state index in [1.54, 1.807) is 12.3 Å². The number of aromatic nitrogens is 3. The number of oxazole rings is 1. The van der Waals surface area contributed by atoms with E-state index in [1.807, 2.05) is 37.2 Å². The van der Waals surface area contributed by atoms with Crippen molar-refractivity contribution in [3.8, 4) is 0 Å². The first kappa shape index (κ1) is 16.9. The van der Waals surface area contributed by atoms with Crippen LogP contribution in [0.1, 0.15) is 6.42 Å². The molecular formula is C18H21ClN6O. The Labute approximate surface area is 157 Å². The summed E-state index contributed by atoms with van der Waals surface area (Å²) >= 11 is 6.03. The average Bonchev–Trinajstić information content (AvgIpc) is 3.27. The molecule has 1 unspecified atom stereocenters. The lowest BCUT2D eigenvalue weighted by atomic mass is 10.2. The Morgan fingerprint density at radius 2 is 2.04 bits per heavy atom. The van der Waals surface area contributed by atoms with E-state index in [9.17, 15) is 0 Å². The standard InChI is InChI=1S/C18H21ClN6O/c1-23(2)17-20-8-6-16(22-17)24(3)13-7-9-25(11-13)18-21-14-5-4-12(19)10-15(14)26-18/h4-6,8,10,13H,7,9,11H2,1-3H3. The molecule has 3 aromatic rings. The van der Waals surface area contributed by atoms with Crippen LogP contribution >= 0.6 is 11.6 Å². The van der Waals surface area contributed by atoms with Crippen molar-refractivity contribution in [2.24, 2.45) is 0 Å². The number of hydrogen-bond acceptors (Lipinski definition) is 7. The maximum Gasteiger partial charge on any atom is 0.298 e. The molecule has 1 aromatic carbocycles. The van der Waals surface area contributed by atoms with Gasteiger partial charge in [-0.3, -0.25) is 0 Å². The highest BCUT2D eigenvalue weighted by Crippen LogP contribution is 2.28. The van der Waals surface area contributed by atoms with Gasteiger partial charge in [-0.25, -0.2) is 4.98 Å². The molecule has 2 aromatic heterocycles. The van der Waals surface area contributed by atoms with Crippen molar-refractivity contribution in [3.63, 3.8) is 0 Å². The quantitative estimate of drug-likeness (QED) is 0.697. The minimum absolute atomic E-state index is 0.332. The molecule has 0 aliphatic carbocycles. The molecule has 1 aliphatic rings. The van der Waals surface area contributed by atoms with Gasteiger partial charge < -0.3 is 19.1 Å². The summed E-state index contributed by atoms with van der Waals surface area (Å²) < 4.78 is 5.90. The second-order valence-corrected chi connectivity index (χ2v) is 7.15. The first-order chi connectivity index (χ1) is 12.5. The molecule has 1 aliphatic heterocycles. The lowest BCUT2D eigenvalue weighted by Gasteiger charge is -2.26. The highest BCUT2D eigenvalue weighted by atomic mass is 35.5. The molecule has 1 atom stereocenters. The van der Waals surface area contributed by atoms with Crippen LogP contribution < -0.4 is 14.7 Å². The third-order valence-electron chi connectivity index (χ3n) is 4.71. The van der Waals surface area contributed by atoms with Gasteiger partial charge in [0.25, 0.3) is 6.01 Å². The van der Waals surface area contributed by atoms with Gasteiger partial charge in [0.2, 0.25) is 5.95 Å². The van der Waals surface area contributed by atoms with Crippen molar-refractivity contribution in [3.05, 3.63) is 35.5 Å². The van der Waals surface area contributed by atoms with E-state index in [1.165, 1.54) is 0 Å². The number of nitrogens with zero attached hydrogens (tertiary/aromatic N) is 6. The SMILES string of the molecule is CN(C)c1nccc(N(C)C2CCN(c3nc4ccc(Cl)cc4o3)C2)n1. The monoisotopic (exact) mass is 372 g/mol. The van der Waals surface area contributed by atoms with Crippen molar-refractivity contribution in [2.45, 2.75) is 12.5 Å². The van der Waals surface area contributed by atoms with Crippen LogP contribution in [0.5, 0.6) is 0 Å². The predicted molar refractivity (Wildman–Crippen MR) is 104 cm³/mol. The van der Waals surface area contributed by atoms with Crippen LogP contribution in [0.2, 0.25) is 5.02 Å². The molecule has 7 nitrogen and oxygen atoms in total. The Morgan fingerprint density at radius 1 is 1.19 bits per heavy atom. The van der Waals surface area contributed by atoms with Gasteiger partial charge in [0, 0.05) is 57.6 Å². The van der Waals surface area contributed by atoms with Crippen molar-refractivity contribution >= 4 is 40.5 Å². The lowest BCUT2D eigenvalue weighted by Crippen LogP contribution is -2.35. The van der Waals surface area contributed by atoms with Gasteiger partial charge in [-0.2, -0.15) is 9.97 Å². The molecule has 0 radical (unpaired) electrons. The molecule has 3 heterocycles. The second kappa shape index (κ2) is 6.64. The summed E-state index contributed by atoms with van der Waals surface area (Å²) in [4.78, 5) is 19.8. The van der Waals surface area contributed by atoms with Crippen molar-refractivity contribution in [1.82, 2.24) is 15.0 Å². The molecule has 8 heteroatoms. The Hall–Kier alpha value is -2.54. The van der Waals surface area contributed by atoms with E-state index in [0.29, 0.717) is 23.0 Å². The molecule has 1 fully saturated rings. The molecule has 4 rings (SSSR count). The zero-order valence-corrected chi connectivity index (χ0v) is 15.8. The summed E-state index contributed by atoms with van der Waals surface area (Å²) in [6.45, 7) is 1.72. The second-order valence-electron chi connectivity index (χ2n) is 6.72. The van der Waals surface area contributed by atoms with Crippen LogP contribution in [0.25, 0.3) is 11.1 Å². The van der Waals surface area contributed by atoms with Gasteiger partial charge in [0.1, 0.15) is 11.3 Å². The molecule has 0 N–H and O–H groups in total. The van der Waals surface area contributed by atoms with Crippen LogP contribution in [0.3, 0.4) is 0 Å². The Kier molecular flexibility index (Phi) is 4.32. The number of likely N-dealkylation sites (N-methyl/N-ethyl adjacent to an activating group) is 1. The Bertz CT molecular complexity index is 927. The van der Waals surface area contributed by atoms with Crippen molar-refractivity contribution in [2.75, 3.05) is 48.9 Å². The molecule has 0 saturated carbocycles. The van der Waals surface area contributed by atoms with Crippen molar-refractivity contribution in [1.29, 1.82) is 0 Å². The molecule has 1 saturated heterocycles. The third kappa shape index (κ3) is 3.14. The fourth-order valence-corrected chi connectivity index (χ4v) is 3.35. The maximum atomic E-state index is 6.03. The number of hydrogen-bond donors (Lipinski definition) is 0. The van der Waals surface area contributed by atoms with E-state index < -0.39 is 0 Å². The number of halogens is 1. The van der Waals surface area contributed by atoms with E-state index in [-0.39, 0.29) is 0 Å². The number of rotatable bonds is 4. The fourth-order valence-electron chi connectivity index (χ4n) is 3.19. The smallest absolute Gasteiger partial charge is 0.298 e. The summed E-state index contributed by atoms with van der Waals surface area (Å²) in [5, 5.41) is 0.652. The maximum absolute atomic E-state index is 6.03. The topological polar surface area (TPSA) is 61.5 Å². The van der Waals surface area contributed by atoms with E-state index in [2.05, 4.69) is 31.8 Å². The highest BCUT2D eigenvalue weighted by molar-refractivity contribution is 6.31. The number of benzene rings is 1. The summed E-state index contributed by atoms with van der Waals surface area (Å²) in [6, 6.07) is 8.43. The zero-order chi connectivity index (χ0) is 18.3. The van der Waals surface area contributed by atoms with Gasteiger partial charge >= 0.3 is 0 Å². The van der Waals surface area contributed by atoms with Crippen LogP contribution in [-0.4, -0.2) is 55.2 Å². The predicted octanol–water partition coefficient (Wildman–Crippen LogP) is 3.05. The minimum Gasteiger partial charge on any atom is -0.423 e. The van der Waals surface area contributed by atoms with Crippen LogP contribution in [-0.2, 0) is 0 Å². The van der Waals surface area contributed by atoms with Crippen LogP contribution in [0.15, 0.2) is 34.9 Å². The van der Waals surface area contributed by atoms with E-state index in [0.717, 1.165) is 36.4 Å². The highest BCUT2D eigenvalue weighted by Gasteiger charge is 2.29. The molecule has 0 spiro atoms. The Balaban J connectivity index is 1.51. The zero-order valence-electron chi connectivity index (χ0n) is 15.1. The normalized spacial score (nSPS) is 17.1.